The van der Waals surface area contributed by atoms with Gasteiger partial charge in [0.15, 0.2) is 5.82 Å². The number of rotatable bonds is 4. The Morgan fingerprint density at radius 1 is 1.20 bits per heavy atom. The van der Waals surface area contributed by atoms with Crippen molar-refractivity contribution in [1.82, 2.24) is 19.9 Å². The number of nitrogens with zero attached hydrogens (tertiary/aromatic N) is 3. The number of nitrogens with one attached hydrogen (secondary N) is 1. The van der Waals surface area contributed by atoms with E-state index < -0.39 is 0 Å². The van der Waals surface area contributed by atoms with Gasteiger partial charge in [0.1, 0.15) is 5.69 Å². The zero-order valence-corrected chi connectivity index (χ0v) is 11.8. The summed E-state index contributed by atoms with van der Waals surface area (Å²) in [7, 11) is 4.02. The highest BCUT2D eigenvalue weighted by Gasteiger charge is 2.10. The van der Waals surface area contributed by atoms with E-state index in [1.165, 1.54) is 5.56 Å². The molecule has 1 aromatic carbocycles. The molecular weight excluding hydrogens is 248 g/mol. The van der Waals surface area contributed by atoms with Crippen molar-refractivity contribution < 1.29 is 0 Å². The monoisotopic (exact) mass is 266 g/mol. The molecule has 0 aliphatic rings. The van der Waals surface area contributed by atoms with E-state index in [0.29, 0.717) is 0 Å². The maximum absolute atomic E-state index is 4.69. The Balaban J connectivity index is 2.06. The molecule has 0 amide bonds. The summed E-state index contributed by atoms with van der Waals surface area (Å²) >= 11 is 0. The predicted octanol–water partition coefficient (Wildman–Crippen LogP) is 2.40. The first-order valence-corrected chi connectivity index (χ1v) is 6.81. The first-order valence-electron chi connectivity index (χ1n) is 6.81. The Kier molecular flexibility index (Phi) is 3.48. The summed E-state index contributed by atoms with van der Waals surface area (Å²) in [5.74, 6) is 0.909. The zero-order valence-electron chi connectivity index (χ0n) is 11.8. The fourth-order valence-electron chi connectivity index (χ4n) is 2.38. The van der Waals surface area contributed by atoms with Crippen molar-refractivity contribution in [2.24, 2.45) is 7.05 Å². The van der Waals surface area contributed by atoms with Crippen molar-refractivity contribution in [2.75, 3.05) is 13.6 Å². The number of hydrogen-bond donors (Lipinski definition) is 1. The number of benzene rings is 1. The fourth-order valence-corrected chi connectivity index (χ4v) is 2.38. The second-order valence-corrected chi connectivity index (χ2v) is 4.89. The zero-order chi connectivity index (χ0) is 13.9. The van der Waals surface area contributed by atoms with Gasteiger partial charge >= 0.3 is 0 Å². The van der Waals surface area contributed by atoms with Crippen LogP contribution in [0.2, 0.25) is 0 Å². The van der Waals surface area contributed by atoms with Gasteiger partial charge in [-0.2, -0.15) is 0 Å². The van der Waals surface area contributed by atoms with Gasteiger partial charge in [0.2, 0.25) is 0 Å². The fraction of sp³-hybridized carbons (Fsp3) is 0.250. The Bertz CT molecular complexity index is 716. The van der Waals surface area contributed by atoms with Crippen LogP contribution in [0.3, 0.4) is 0 Å². The Morgan fingerprint density at radius 3 is 2.85 bits per heavy atom. The highest BCUT2D eigenvalue weighted by Crippen LogP contribution is 2.23. The molecule has 3 rings (SSSR count). The first kappa shape index (κ1) is 12.8. The van der Waals surface area contributed by atoms with Crippen molar-refractivity contribution >= 4 is 11.0 Å². The molecule has 0 bridgehead atoms. The van der Waals surface area contributed by atoms with Crippen LogP contribution in [0.25, 0.3) is 22.6 Å². The summed E-state index contributed by atoms with van der Waals surface area (Å²) in [5.41, 5.74) is 4.39. The van der Waals surface area contributed by atoms with Crippen molar-refractivity contribution in [3.63, 3.8) is 0 Å². The number of imidazole rings is 1. The molecule has 0 fully saturated rings. The average molecular weight is 266 g/mol. The van der Waals surface area contributed by atoms with Crippen molar-refractivity contribution in [3.05, 3.63) is 48.2 Å². The van der Waals surface area contributed by atoms with Crippen LogP contribution >= 0.6 is 0 Å². The third-order valence-corrected chi connectivity index (χ3v) is 3.50. The molecule has 0 unspecified atom stereocenters. The normalized spacial score (nSPS) is 11.1. The molecule has 0 atom stereocenters. The van der Waals surface area contributed by atoms with Gasteiger partial charge in [0, 0.05) is 13.2 Å². The molecule has 4 heteroatoms. The van der Waals surface area contributed by atoms with Crippen molar-refractivity contribution in [1.29, 1.82) is 0 Å². The van der Waals surface area contributed by atoms with E-state index in [1.807, 2.05) is 32.3 Å². The van der Waals surface area contributed by atoms with Crippen molar-refractivity contribution in [3.8, 4) is 11.5 Å². The number of hydrogen-bond acceptors (Lipinski definition) is 3. The molecule has 0 spiro atoms. The van der Waals surface area contributed by atoms with Gasteiger partial charge in [-0.1, -0.05) is 12.1 Å². The minimum atomic E-state index is 0.906. The lowest BCUT2D eigenvalue weighted by Gasteiger charge is -2.03. The summed E-state index contributed by atoms with van der Waals surface area (Å²) in [6, 6.07) is 12.3. The highest BCUT2D eigenvalue weighted by atomic mass is 15.1. The number of likely N-dealkylation sites (N-methyl/N-ethyl adjacent to an activating group) is 1. The number of fused-ring (bicyclic) bond motifs is 1. The molecule has 2 aromatic heterocycles. The van der Waals surface area contributed by atoms with Gasteiger partial charge in [-0.05, 0) is 49.8 Å². The standard InChI is InChI=1S/C16H18N4/c1-17-10-8-12-6-7-13-15(11-12)20(2)16(19-13)14-5-3-4-9-18-14/h3-7,9,11,17H,8,10H2,1-2H3. The summed E-state index contributed by atoms with van der Waals surface area (Å²) in [4.78, 5) is 9.07. The second kappa shape index (κ2) is 5.43. The molecule has 0 saturated heterocycles. The Morgan fingerprint density at radius 2 is 2.10 bits per heavy atom. The summed E-state index contributed by atoms with van der Waals surface area (Å²) in [6.07, 6.45) is 2.82. The average Bonchev–Trinajstić information content (AvgIpc) is 2.83. The van der Waals surface area contributed by atoms with E-state index in [-0.39, 0.29) is 0 Å². The van der Waals surface area contributed by atoms with E-state index in [1.54, 1.807) is 6.20 Å². The maximum Gasteiger partial charge on any atom is 0.159 e. The molecule has 0 aliphatic carbocycles. The first-order chi connectivity index (χ1) is 9.79. The summed E-state index contributed by atoms with van der Waals surface area (Å²) in [6.45, 7) is 0.983. The number of aryl methyl sites for hydroxylation is 1. The molecule has 102 valence electrons. The minimum Gasteiger partial charge on any atom is -0.326 e. The molecule has 3 aromatic rings. The molecule has 0 saturated carbocycles. The topological polar surface area (TPSA) is 42.7 Å². The molecule has 1 N–H and O–H groups in total. The molecule has 2 heterocycles. The summed E-state index contributed by atoms with van der Waals surface area (Å²) < 4.78 is 2.11. The smallest absolute Gasteiger partial charge is 0.159 e. The quantitative estimate of drug-likeness (QED) is 0.788. The van der Waals surface area contributed by atoms with Gasteiger partial charge < -0.3 is 9.88 Å². The van der Waals surface area contributed by atoms with Crippen LogP contribution in [-0.4, -0.2) is 28.1 Å². The van der Waals surface area contributed by atoms with Gasteiger partial charge in [0.25, 0.3) is 0 Å². The Labute approximate surface area is 118 Å². The van der Waals surface area contributed by atoms with Gasteiger partial charge in [-0.15, -0.1) is 0 Å². The SMILES string of the molecule is CNCCc1ccc2nc(-c3ccccn3)n(C)c2c1. The van der Waals surface area contributed by atoms with E-state index >= 15 is 0 Å². The van der Waals surface area contributed by atoms with E-state index in [9.17, 15) is 0 Å². The Hall–Kier alpha value is -2.20. The van der Waals surface area contributed by atoms with Crippen LogP contribution in [0, 0.1) is 0 Å². The highest BCUT2D eigenvalue weighted by molar-refractivity contribution is 5.80. The summed E-state index contributed by atoms with van der Waals surface area (Å²) in [5, 5.41) is 3.18. The van der Waals surface area contributed by atoms with Crippen LogP contribution in [0.5, 0.6) is 0 Å². The van der Waals surface area contributed by atoms with Crippen LogP contribution in [0.4, 0.5) is 0 Å². The molecule has 0 radical (unpaired) electrons. The van der Waals surface area contributed by atoms with Crippen molar-refractivity contribution in [2.45, 2.75) is 6.42 Å². The second-order valence-electron chi connectivity index (χ2n) is 4.89. The van der Waals surface area contributed by atoms with Gasteiger partial charge in [0.05, 0.1) is 11.0 Å². The predicted molar refractivity (Wildman–Crippen MR) is 81.6 cm³/mol. The molecule has 20 heavy (non-hydrogen) atoms. The third kappa shape index (κ3) is 2.30. The number of pyridine rings is 1. The van der Waals surface area contributed by atoms with Crippen LogP contribution < -0.4 is 5.32 Å². The lowest BCUT2D eigenvalue weighted by molar-refractivity contribution is 0.792. The molecule has 4 nitrogen and oxygen atoms in total. The van der Waals surface area contributed by atoms with Crippen LogP contribution in [0.15, 0.2) is 42.6 Å². The van der Waals surface area contributed by atoms with E-state index in [0.717, 1.165) is 35.5 Å². The maximum atomic E-state index is 4.69. The molecule has 0 aliphatic heterocycles. The molecular formula is C16H18N4. The lowest BCUT2D eigenvalue weighted by atomic mass is 10.1. The van der Waals surface area contributed by atoms with E-state index in [4.69, 9.17) is 0 Å². The lowest BCUT2D eigenvalue weighted by Crippen LogP contribution is -2.10. The largest absolute Gasteiger partial charge is 0.326 e. The number of aromatic nitrogens is 3. The van der Waals surface area contributed by atoms with Gasteiger partial charge in [-0.25, -0.2) is 4.98 Å². The van der Waals surface area contributed by atoms with Crippen LogP contribution in [0.1, 0.15) is 5.56 Å². The van der Waals surface area contributed by atoms with Crippen LogP contribution in [-0.2, 0) is 13.5 Å². The third-order valence-electron chi connectivity index (χ3n) is 3.50. The minimum absolute atomic E-state index is 0.906. The van der Waals surface area contributed by atoms with E-state index in [2.05, 4.69) is 38.1 Å². The van der Waals surface area contributed by atoms with Gasteiger partial charge in [-0.3, -0.25) is 4.98 Å².